The second-order valence-electron chi connectivity index (χ2n) is 4.65. The Morgan fingerprint density at radius 3 is 2.18 bits per heavy atom. The summed E-state index contributed by atoms with van der Waals surface area (Å²) in [5.74, 6) is -0.573. The predicted molar refractivity (Wildman–Crippen MR) is 79.0 cm³/mol. The van der Waals surface area contributed by atoms with E-state index in [-0.39, 0.29) is 46.5 Å². The Bertz CT molecular complexity index is 708. The normalized spacial score (nSPS) is 10.3. The molecule has 0 aromatic heterocycles. The first-order valence-electron chi connectivity index (χ1n) is 6.45. The van der Waals surface area contributed by atoms with Crippen LogP contribution in [0.15, 0.2) is 30.3 Å². The zero-order valence-electron chi connectivity index (χ0n) is 12.2. The minimum atomic E-state index is -0.386. The van der Waals surface area contributed by atoms with Gasteiger partial charge in [0, 0.05) is 12.5 Å². The van der Waals surface area contributed by atoms with Gasteiger partial charge in [0.1, 0.15) is 5.75 Å². The van der Waals surface area contributed by atoms with Gasteiger partial charge >= 0.3 is 0 Å². The van der Waals surface area contributed by atoms with Crippen molar-refractivity contribution in [2.75, 3.05) is 14.2 Å². The maximum absolute atomic E-state index is 12.3. The molecule has 0 fully saturated rings. The number of phenolic OH excluding ortho intramolecular Hbond substituents is 3. The highest BCUT2D eigenvalue weighted by molar-refractivity contribution is 6.00. The number of carbonyl (C=O) groups is 1. The second kappa shape index (κ2) is 6.26. The molecule has 0 unspecified atom stereocenters. The highest BCUT2D eigenvalue weighted by Crippen LogP contribution is 2.34. The van der Waals surface area contributed by atoms with Crippen LogP contribution in [0.5, 0.6) is 28.7 Å². The van der Waals surface area contributed by atoms with E-state index < -0.39 is 0 Å². The number of aromatic hydroxyl groups is 3. The Labute approximate surface area is 127 Å². The van der Waals surface area contributed by atoms with Crippen LogP contribution in [-0.4, -0.2) is 35.3 Å². The number of ketones is 1. The lowest BCUT2D eigenvalue weighted by molar-refractivity contribution is 0.0990. The third-order valence-electron chi connectivity index (χ3n) is 3.21. The minimum Gasteiger partial charge on any atom is -0.507 e. The second-order valence-corrected chi connectivity index (χ2v) is 4.65. The fraction of sp³-hybridized carbons (Fsp3) is 0.188. The van der Waals surface area contributed by atoms with Gasteiger partial charge in [-0.2, -0.15) is 0 Å². The number of ether oxygens (including phenoxy) is 2. The quantitative estimate of drug-likeness (QED) is 0.579. The summed E-state index contributed by atoms with van der Waals surface area (Å²) in [6.45, 7) is 0. The summed E-state index contributed by atoms with van der Waals surface area (Å²) in [7, 11) is 2.76. The fourth-order valence-electron chi connectivity index (χ4n) is 2.06. The molecule has 0 saturated heterocycles. The number of methoxy groups -OCH3 is 2. The van der Waals surface area contributed by atoms with Gasteiger partial charge in [0.05, 0.1) is 19.8 Å². The van der Waals surface area contributed by atoms with Crippen LogP contribution in [0.25, 0.3) is 0 Å². The lowest BCUT2D eigenvalue weighted by atomic mass is 10.0. The maximum Gasteiger partial charge on any atom is 0.171 e. The predicted octanol–water partition coefficient (Wildman–Crippen LogP) is 2.25. The highest BCUT2D eigenvalue weighted by atomic mass is 16.5. The first-order valence-corrected chi connectivity index (χ1v) is 6.45. The van der Waals surface area contributed by atoms with Crippen LogP contribution in [0, 0.1) is 0 Å². The van der Waals surface area contributed by atoms with E-state index in [1.807, 2.05) is 0 Å². The fourth-order valence-corrected chi connectivity index (χ4v) is 2.06. The first kappa shape index (κ1) is 15.5. The van der Waals surface area contributed by atoms with Gasteiger partial charge in [0.25, 0.3) is 0 Å². The third-order valence-corrected chi connectivity index (χ3v) is 3.21. The number of carbonyl (C=O) groups excluding carboxylic acids is 1. The lowest BCUT2D eigenvalue weighted by Crippen LogP contribution is -2.04. The van der Waals surface area contributed by atoms with Crippen molar-refractivity contribution in [3.63, 3.8) is 0 Å². The topological polar surface area (TPSA) is 96.2 Å². The number of hydrogen-bond donors (Lipinski definition) is 3. The number of rotatable bonds is 5. The first-order chi connectivity index (χ1) is 10.5. The number of Topliss-reactive ketones (excluding diaryl/α,β-unsaturated/α-hetero) is 1. The highest BCUT2D eigenvalue weighted by Gasteiger charge is 2.16. The van der Waals surface area contributed by atoms with Crippen molar-refractivity contribution in [1.82, 2.24) is 0 Å². The molecule has 2 aromatic carbocycles. The van der Waals surface area contributed by atoms with Crippen molar-refractivity contribution < 1.29 is 29.6 Å². The summed E-state index contributed by atoms with van der Waals surface area (Å²) >= 11 is 0. The van der Waals surface area contributed by atoms with Crippen LogP contribution in [0.3, 0.4) is 0 Å². The Kier molecular flexibility index (Phi) is 4.41. The van der Waals surface area contributed by atoms with E-state index in [4.69, 9.17) is 9.47 Å². The molecule has 0 atom stereocenters. The largest absolute Gasteiger partial charge is 0.507 e. The van der Waals surface area contributed by atoms with Gasteiger partial charge in [-0.25, -0.2) is 0 Å². The molecule has 0 aliphatic heterocycles. The van der Waals surface area contributed by atoms with Gasteiger partial charge in [-0.3, -0.25) is 4.79 Å². The molecule has 2 rings (SSSR count). The SMILES string of the molecule is COc1cc(CC(=O)c2cc(O)c(OC)cc2O)ccc1O. The summed E-state index contributed by atoms with van der Waals surface area (Å²) in [4.78, 5) is 12.3. The van der Waals surface area contributed by atoms with Crippen molar-refractivity contribution in [3.05, 3.63) is 41.5 Å². The van der Waals surface area contributed by atoms with E-state index in [9.17, 15) is 20.1 Å². The van der Waals surface area contributed by atoms with Gasteiger partial charge in [0.15, 0.2) is 28.8 Å². The smallest absolute Gasteiger partial charge is 0.171 e. The average Bonchev–Trinajstić information content (AvgIpc) is 2.50. The van der Waals surface area contributed by atoms with Crippen LogP contribution in [-0.2, 0) is 6.42 Å². The molecule has 0 bridgehead atoms. The molecule has 3 N–H and O–H groups in total. The summed E-state index contributed by atoms with van der Waals surface area (Å²) in [6.07, 6.45) is -0.0179. The van der Waals surface area contributed by atoms with Gasteiger partial charge in [-0.1, -0.05) is 6.07 Å². The molecule has 6 nitrogen and oxygen atoms in total. The van der Waals surface area contributed by atoms with E-state index >= 15 is 0 Å². The molecule has 0 spiro atoms. The molecule has 0 heterocycles. The zero-order valence-corrected chi connectivity index (χ0v) is 12.2. The molecule has 0 aliphatic rings. The molecule has 2 aromatic rings. The lowest BCUT2D eigenvalue weighted by Gasteiger charge is -2.09. The Morgan fingerprint density at radius 1 is 0.909 bits per heavy atom. The van der Waals surface area contributed by atoms with E-state index in [1.54, 1.807) is 6.07 Å². The summed E-state index contributed by atoms with van der Waals surface area (Å²) in [5, 5.41) is 29.1. The molecule has 22 heavy (non-hydrogen) atoms. The van der Waals surface area contributed by atoms with Crippen molar-refractivity contribution >= 4 is 5.78 Å². The minimum absolute atomic E-state index is 0.00894. The summed E-state index contributed by atoms with van der Waals surface area (Å²) in [5.41, 5.74) is 0.597. The molecular weight excluding hydrogens is 288 g/mol. The number of hydrogen-bond acceptors (Lipinski definition) is 6. The Morgan fingerprint density at radius 2 is 1.55 bits per heavy atom. The number of phenols is 3. The van der Waals surface area contributed by atoms with E-state index in [2.05, 4.69) is 0 Å². The van der Waals surface area contributed by atoms with Crippen LogP contribution in [0.4, 0.5) is 0 Å². The summed E-state index contributed by atoms with van der Waals surface area (Å²) in [6, 6.07) is 6.88. The van der Waals surface area contributed by atoms with E-state index in [1.165, 1.54) is 32.4 Å². The van der Waals surface area contributed by atoms with Crippen LogP contribution >= 0.6 is 0 Å². The standard InChI is InChI=1S/C16H16O6/c1-21-15-6-9(3-4-11(15)17)5-12(18)10-7-14(20)16(22-2)8-13(10)19/h3-4,6-8,17,19-20H,5H2,1-2H3. The Balaban J connectivity index is 2.28. The van der Waals surface area contributed by atoms with Gasteiger partial charge in [-0.05, 0) is 23.8 Å². The van der Waals surface area contributed by atoms with Gasteiger partial charge < -0.3 is 24.8 Å². The molecule has 116 valence electrons. The van der Waals surface area contributed by atoms with Crippen LogP contribution in [0.2, 0.25) is 0 Å². The molecule has 0 saturated carbocycles. The van der Waals surface area contributed by atoms with Crippen molar-refractivity contribution in [2.45, 2.75) is 6.42 Å². The maximum atomic E-state index is 12.3. The molecule has 6 heteroatoms. The van der Waals surface area contributed by atoms with Crippen molar-refractivity contribution in [3.8, 4) is 28.7 Å². The Hall–Kier alpha value is -2.89. The van der Waals surface area contributed by atoms with Crippen LogP contribution < -0.4 is 9.47 Å². The molecular formula is C16H16O6. The van der Waals surface area contributed by atoms with E-state index in [0.29, 0.717) is 5.56 Å². The monoisotopic (exact) mass is 304 g/mol. The van der Waals surface area contributed by atoms with Gasteiger partial charge in [0.2, 0.25) is 0 Å². The molecule has 0 amide bonds. The number of benzene rings is 2. The third kappa shape index (κ3) is 3.06. The summed E-state index contributed by atoms with van der Waals surface area (Å²) < 4.78 is 9.84. The van der Waals surface area contributed by atoms with Gasteiger partial charge in [-0.15, -0.1) is 0 Å². The molecule has 0 aliphatic carbocycles. The van der Waals surface area contributed by atoms with Crippen molar-refractivity contribution in [2.24, 2.45) is 0 Å². The van der Waals surface area contributed by atoms with Crippen LogP contribution in [0.1, 0.15) is 15.9 Å². The van der Waals surface area contributed by atoms with Crippen molar-refractivity contribution in [1.29, 1.82) is 0 Å². The zero-order chi connectivity index (χ0) is 16.3. The average molecular weight is 304 g/mol. The van der Waals surface area contributed by atoms with E-state index in [0.717, 1.165) is 6.07 Å². The molecule has 0 radical (unpaired) electrons.